The molecule has 0 bridgehead atoms. The smallest absolute Gasteiger partial charge is 0.260 e. The van der Waals surface area contributed by atoms with E-state index in [0.29, 0.717) is 12.1 Å². The zero-order valence-electron chi connectivity index (χ0n) is 17.2. The van der Waals surface area contributed by atoms with Crippen LogP contribution in [-0.2, 0) is 19.5 Å². The standard InChI is InChI=1S/C22H31N3O2/c1-6-9-19-21(20(26)14-17(5)24(19)8-3)22(27)25(16(4)7-2)15-18-10-12-23-13-11-18/h10-14,16H,6-9,15H2,1-5H3/t16-/m0/s1. The normalized spacial score (nSPS) is 12.0. The van der Waals surface area contributed by atoms with Crippen LogP contribution >= 0.6 is 0 Å². The van der Waals surface area contributed by atoms with Crippen LogP contribution in [0.5, 0.6) is 0 Å². The van der Waals surface area contributed by atoms with Crippen LogP contribution in [0.3, 0.4) is 0 Å². The van der Waals surface area contributed by atoms with Gasteiger partial charge in [-0.3, -0.25) is 14.6 Å². The van der Waals surface area contributed by atoms with Gasteiger partial charge in [-0.15, -0.1) is 0 Å². The molecule has 5 heteroatoms. The molecular weight excluding hydrogens is 338 g/mol. The minimum Gasteiger partial charge on any atom is -0.348 e. The summed E-state index contributed by atoms with van der Waals surface area (Å²) in [5, 5.41) is 0. The van der Waals surface area contributed by atoms with E-state index in [1.54, 1.807) is 18.5 Å². The lowest BCUT2D eigenvalue weighted by atomic mass is 10.0. The highest BCUT2D eigenvalue weighted by atomic mass is 16.2. The lowest BCUT2D eigenvalue weighted by molar-refractivity contribution is 0.0667. The number of rotatable bonds is 8. The first kappa shape index (κ1) is 20.9. The number of amides is 1. The van der Waals surface area contributed by atoms with E-state index in [1.807, 2.05) is 37.8 Å². The number of carbonyl (C=O) groups is 1. The van der Waals surface area contributed by atoms with Crippen LogP contribution in [0.2, 0.25) is 0 Å². The fourth-order valence-electron chi connectivity index (χ4n) is 3.47. The van der Waals surface area contributed by atoms with Crippen LogP contribution in [-0.4, -0.2) is 26.4 Å². The summed E-state index contributed by atoms with van der Waals surface area (Å²) < 4.78 is 2.10. The van der Waals surface area contributed by atoms with Gasteiger partial charge in [0.25, 0.3) is 5.91 Å². The number of hydrogen-bond donors (Lipinski definition) is 0. The summed E-state index contributed by atoms with van der Waals surface area (Å²) in [6.45, 7) is 11.4. The Morgan fingerprint density at radius 1 is 1.22 bits per heavy atom. The van der Waals surface area contributed by atoms with Gasteiger partial charge in [-0.1, -0.05) is 20.3 Å². The number of nitrogens with zero attached hydrogens (tertiary/aromatic N) is 3. The van der Waals surface area contributed by atoms with Crippen molar-refractivity contribution in [2.75, 3.05) is 0 Å². The molecule has 2 rings (SSSR count). The minimum absolute atomic E-state index is 0.0379. The SMILES string of the molecule is CCCc1c(C(=O)N(Cc2ccncc2)[C@@H](C)CC)c(=O)cc(C)n1CC. The highest BCUT2D eigenvalue weighted by molar-refractivity contribution is 5.95. The molecule has 2 aromatic heterocycles. The molecule has 0 saturated carbocycles. The van der Waals surface area contributed by atoms with E-state index in [0.717, 1.165) is 42.8 Å². The summed E-state index contributed by atoms with van der Waals surface area (Å²) in [7, 11) is 0. The van der Waals surface area contributed by atoms with E-state index in [4.69, 9.17) is 0 Å². The van der Waals surface area contributed by atoms with Gasteiger partial charge in [0.1, 0.15) is 5.56 Å². The molecule has 2 heterocycles. The fraction of sp³-hybridized carbons (Fsp3) is 0.500. The highest BCUT2D eigenvalue weighted by Crippen LogP contribution is 2.18. The first-order chi connectivity index (χ1) is 12.9. The summed E-state index contributed by atoms with van der Waals surface area (Å²) in [5.74, 6) is -0.170. The van der Waals surface area contributed by atoms with Crippen LogP contribution in [0.25, 0.3) is 0 Å². The van der Waals surface area contributed by atoms with Gasteiger partial charge in [0.2, 0.25) is 0 Å². The molecule has 5 nitrogen and oxygen atoms in total. The summed E-state index contributed by atoms with van der Waals surface area (Å²) >= 11 is 0. The third-order valence-corrected chi connectivity index (χ3v) is 5.13. The monoisotopic (exact) mass is 369 g/mol. The molecule has 0 fully saturated rings. The number of aryl methyl sites for hydroxylation is 1. The Morgan fingerprint density at radius 3 is 2.44 bits per heavy atom. The Labute approximate surface area is 162 Å². The molecule has 0 aliphatic heterocycles. The van der Waals surface area contributed by atoms with Gasteiger partial charge in [0.05, 0.1) is 0 Å². The van der Waals surface area contributed by atoms with Crippen LogP contribution in [0.4, 0.5) is 0 Å². The average molecular weight is 370 g/mol. The maximum atomic E-state index is 13.5. The number of carbonyl (C=O) groups excluding carboxylic acids is 1. The van der Waals surface area contributed by atoms with Gasteiger partial charge < -0.3 is 9.47 Å². The van der Waals surface area contributed by atoms with Crippen molar-refractivity contribution in [1.82, 2.24) is 14.5 Å². The molecule has 0 spiro atoms. The lowest BCUT2D eigenvalue weighted by Crippen LogP contribution is -2.41. The van der Waals surface area contributed by atoms with Crippen LogP contribution in [0.1, 0.15) is 67.8 Å². The molecule has 146 valence electrons. The quantitative estimate of drug-likeness (QED) is 0.707. The van der Waals surface area contributed by atoms with E-state index in [2.05, 4.69) is 23.4 Å². The lowest BCUT2D eigenvalue weighted by Gasteiger charge is -2.30. The molecule has 0 radical (unpaired) electrons. The average Bonchev–Trinajstić information content (AvgIpc) is 2.66. The van der Waals surface area contributed by atoms with E-state index < -0.39 is 0 Å². The Balaban J connectivity index is 2.55. The molecule has 0 saturated heterocycles. The Bertz CT molecular complexity index is 827. The Morgan fingerprint density at radius 2 is 1.89 bits per heavy atom. The van der Waals surface area contributed by atoms with Crippen LogP contribution < -0.4 is 5.43 Å². The highest BCUT2D eigenvalue weighted by Gasteiger charge is 2.27. The van der Waals surface area contributed by atoms with Gasteiger partial charge in [-0.05, 0) is 51.3 Å². The molecule has 1 atom stereocenters. The number of hydrogen-bond acceptors (Lipinski definition) is 3. The summed E-state index contributed by atoms with van der Waals surface area (Å²) in [5.41, 5.74) is 2.94. The van der Waals surface area contributed by atoms with E-state index in [9.17, 15) is 9.59 Å². The second kappa shape index (κ2) is 9.49. The zero-order chi connectivity index (χ0) is 20.0. The van der Waals surface area contributed by atoms with Crippen molar-refractivity contribution >= 4 is 5.91 Å². The maximum absolute atomic E-state index is 13.5. The second-order valence-electron chi connectivity index (χ2n) is 7.01. The van der Waals surface area contributed by atoms with Gasteiger partial charge in [-0.25, -0.2) is 0 Å². The molecule has 2 aromatic rings. The van der Waals surface area contributed by atoms with Crippen molar-refractivity contribution in [3.8, 4) is 0 Å². The largest absolute Gasteiger partial charge is 0.348 e. The zero-order valence-corrected chi connectivity index (χ0v) is 17.2. The molecule has 27 heavy (non-hydrogen) atoms. The topological polar surface area (TPSA) is 55.2 Å². The van der Waals surface area contributed by atoms with Gasteiger partial charge in [-0.2, -0.15) is 0 Å². The van der Waals surface area contributed by atoms with E-state index in [-0.39, 0.29) is 17.4 Å². The summed E-state index contributed by atoms with van der Waals surface area (Å²) in [4.78, 5) is 32.3. The van der Waals surface area contributed by atoms with Gasteiger partial charge in [0.15, 0.2) is 5.43 Å². The number of aromatic nitrogens is 2. The van der Waals surface area contributed by atoms with Gasteiger partial charge in [0, 0.05) is 49.0 Å². The summed E-state index contributed by atoms with van der Waals surface area (Å²) in [6.07, 6.45) is 5.89. The Kier molecular flexibility index (Phi) is 7.34. The van der Waals surface area contributed by atoms with Crippen molar-refractivity contribution in [1.29, 1.82) is 0 Å². The first-order valence-corrected chi connectivity index (χ1v) is 9.87. The molecule has 0 aliphatic rings. The molecule has 0 N–H and O–H groups in total. The Hall–Kier alpha value is -2.43. The van der Waals surface area contributed by atoms with Crippen molar-refractivity contribution in [2.45, 2.75) is 73.0 Å². The van der Waals surface area contributed by atoms with Crippen molar-refractivity contribution < 1.29 is 4.79 Å². The fourth-order valence-corrected chi connectivity index (χ4v) is 3.47. The first-order valence-electron chi connectivity index (χ1n) is 9.87. The molecule has 1 amide bonds. The van der Waals surface area contributed by atoms with Crippen LogP contribution in [0.15, 0.2) is 35.4 Å². The summed E-state index contributed by atoms with van der Waals surface area (Å²) in [6, 6.07) is 5.46. The van der Waals surface area contributed by atoms with Crippen molar-refractivity contribution in [3.63, 3.8) is 0 Å². The maximum Gasteiger partial charge on any atom is 0.260 e. The molecule has 0 aromatic carbocycles. The van der Waals surface area contributed by atoms with E-state index in [1.165, 1.54) is 0 Å². The molecule has 0 aliphatic carbocycles. The third kappa shape index (κ3) is 4.65. The molecule has 0 unspecified atom stereocenters. The van der Waals surface area contributed by atoms with Crippen molar-refractivity contribution in [2.24, 2.45) is 0 Å². The number of pyridine rings is 2. The van der Waals surface area contributed by atoms with E-state index >= 15 is 0 Å². The van der Waals surface area contributed by atoms with Crippen molar-refractivity contribution in [3.05, 3.63) is 63.3 Å². The third-order valence-electron chi connectivity index (χ3n) is 5.13. The second-order valence-corrected chi connectivity index (χ2v) is 7.01. The molecular formula is C22H31N3O2. The predicted octanol–water partition coefficient (Wildman–Crippen LogP) is 3.97. The predicted molar refractivity (Wildman–Crippen MR) is 109 cm³/mol. The minimum atomic E-state index is -0.173. The van der Waals surface area contributed by atoms with Gasteiger partial charge >= 0.3 is 0 Å². The van der Waals surface area contributed by atoms with Crippen LogP contribution in [0, 0.1) is 6.92 Å².